The third-order valence-corrected chi connectivity index (χ3v) is 14.8. The number of carbonyl (C=O) groups is 1. The zero-order valence-corrected chi connectivity index (χ0v) is 41.3. The molecule has 1 rings (SSSR count). The molecule has 9 heteroatoms. The SMILES string of the molecule is CCCCCCCCCCCOC(=O)CCCCCN(CCN(CCO)CCCCCCP(=O)(OCCCCCCCCC)OCCCCCCCCC)C1CCCCC1. The highest BCUT2D eigenvalue weighted by Crippen LogP contribution is 2.49. The van der Waals surface area contributed by atoms with Crippen molar-refractivity contribution in [1.82, 2.24) is 9.80 Å². The molecule has 0 radical (unpaired) electrons. The predicted molar refractivity (Wildman–Crippen MR) is 257 cm³/mol. The Hall–Kier alpha value is -0.500. The molecule has 0 aromatic carbocycles. The number of aliphatic hydroxyl groups is 1. The maximum atomic E-state index is 13.8. The fraction of sp³-hybridized carbons (Fsp3) is 0.980. The summed E-state index contributed by atoms with van der Waals surface area (Å²) in [5, 5.41) is 9.92. The van der Waals surface area contributed by atoms with Gasteiger partial charge < -0.3 is 18.9 Å². The molecule has 0 saturated heterocycles. The van der Waals surface area contributed by atoms with Crippen LogP contribution in [0.4, 0.5) is 0 Å². The fourth-order valence-corrected chi connectivity index (χ4v) is 10.5. The van der Waals surface area contributed by atoms with E-state index in [-0.39, 0.29) is 12.6 Å². The summed E-state index contributed by atoms with van der Waals surface area (Å²) in [6.07, 6.45) is 43.4. The Bertz CT molecular complexity index is 927. The maximum absolute atomic E-state index is 13.8. The highest BCUT2D eigenvalue weighted by Gasteiger charge is 2.24. The molecule has 1 fully saturated rings. The van der Waals surface area contributed by atoms with E-state index in [2.05, 4.69) is 30.6 Å². The van der Waals surface area contributed by atoms with Crippen molar-refractivity contribution in [2.24, 2.45) is 0 Å². The Labute approximate surface area is 373 Å². The van der Waals surface area contributed by atoms with Crippen molar-refractivity contribution in [2.45, 2.75) is 258 Å². The maximum Gasteiger partial charge on any atom is 0.330 e. The van der Waals surface area contributed by atoms with Crippen molar-refractivity contribution in [2.75, 3.05) is 65.3 Å². The Morgan fingerprint density at radius 1 is 0.500 bits per heavy atom. The minimum atomic E-state index is -3.07. The minimum Gasteiger partial charge on any atom is -0.466 e. The van der Waals surface area contributed by atoms with Crippen LogP contribution in [0, 0.1) is 0 Å². The van der Waals surface area contributed by atoms with E-state index in [9.17, 15) is 14.5 Å². The molecular formula is C51H103N2O6P. The highest BCUT2D eigenvalue weighted by molar-refractivity contribution is 7.53. The molecule has 0 aliphatic heterocycles. The van der Waals surface area contributed by atoms with Gasteiger partial charge in [-0.15, -0.1) is 0 Å². The average Bonchev–Trinajstić information content (AvgIpc) is 3.25. The van der Waals surface area contributed by atoms with Gasteiger partial charge in [0.15, 0.2) is 0 Å². The molecule has 60 heavy (non-hydrogen) atoms. The van der Waals surface area contributed by atoms with Crippen LogP contribution < -0.4 is 0 Å². The van der Waals surface area contributed by atoms with Gasteiger partial charge in [-0.1, -0.05) is 188 Å². The molecule has 0 unspecified atom stereocenters. The van der Waals surface area contributed by atoms with Crippen LogP contribution in [-0.4, -0.2) is 92.2 Å². The van der Waals surface area contributed by atoms with Crippen molar-refractivity contribution < 1.29 is 28.3 Å². The lowest BCUT2D eigenvalue weighted by atomic mass is 9.94. The molecule has 1 saturated carbocycles. The second kappa shape index (κ2) is 43.7. The Morgan fingerprint density at radius 2 is 0.950 bits per heavy atom. The smallest absolute Gasteiger partial charge is 0.330 e. The average molecular weight is 871 g/mol. The van der Waals surface area contributed by atoms with Gasteiger partial charge >= 0.3 is 13.6 Å². The van der Waals surface area contributed by atoms with Crippen LogP contribution in [-0.2, 0) is 23.1 Å². The summed E-state index contributed by atoms with van der Waals surface area (Å²) in [5.74, 6) is -0.0216. The molecule has 358 valence electrons. The van der Waals surface area contributed by atoms with Crippen molar-refractivity contribution in [3.05, 3.63) is 0 Å². The third kappa shape index (κ3) is 35.9. The molecule has 0 spiro atoms. The molecule has 0 aromatic heterocycles. The Balaban J connectivity index is 2.40. The van der Waals surface area contributed by atoms with E-state index in [0.29, 0.717) is 45.0 Å². The first-order valence-electron chi connectivity index (χ1n) is 26.6. The number of esters is 1. The largest absolute Gasteiger partial charge is 0.466 e. The Kier molecular flexibility index (Phi) is 41.9. The van der Waals surface area contributed by atoms with Crippen molar-refractivity contribution in [3.8, 4) is 0 Å². The van der Waals surface area contributed by atoms with Crippen LogP contribution in [0.25, 0.3) is 0 Å². The lowest BCUT2D eigenvalue weighted by molar-refractivity contribution is -0.143. The first kappa shape index (κ1) is 57.5. The van der Waals surface area contributed by atoms with E-state index in [1.54, 1.807) is 0 Å². The van der Waals surface area contributed by atoms with Gasteiger partial charge in [-0.05, 0) is 70.9 Å². The monoisotopic (exact) mass is 871 g/mol. The van der Waals surface area contributed by atoms with Gasteiger partial charge in [0.05, 0.1) is 32.6 Å². The number of hydrogen-bond acceptors (Lipinski definition) is 8. The standard InChI is InChI=1S/C51H103N2O6P/c1-4-7-10-13-16-17-20-22-33-46-57-51(55)39-30-27-32-41-53(50-37-28-26-29-38-50)43-42-52(44-45-54)40-31-21-25-36-49-60(56,58-47-34-23-18-14-11-8-5-2)59-48-35-24-19-15-12-9-6-3/h50,54H,4-49H2,1-3H3. The molecule has 1 N–H and O–H groups in total. The van der Waals surface area contributed by atoms with Gasteiger partial charge in [-0.2, -0.15) is 0 Å². The van der Waals surface area contributed by atoms with Crippen LogP contribution in [0.5, 0.6) is 0 Å². The van der Waals surface area contributed by atoms with Gasteiger partial charge in [-0.25, -0.2) is 0 Å². The summed E-state index contributed by atoms with van der Waals surface area (Å²) in [7, 11) is -3.07. The number of carbonyl (C=O) groups excluding carboxylic acids is 1. The van der Waals surface area contributed by atoms with E-state index in [0.717, 1.165) is 103 Å². The van der Waals surface area contributed by atoms with Crippen molar-refractivity contribution in [3.63, 3.8) is 0 Å². The summed E-state index contributed by atoms with van der Waals surface area (Å²) < 4.78 is 31.5. The highest BCUT2D eigenvalue weighted by atomic mass is 31.2. The second-order valence-electron chi connectivity index (χ2n) is 18.4. The third-order valence-electron chi connectivity index (χ3n) is 12.8. The topological polar surface area (TPSA) is 88.5 Å². The number of ether oxygens (including phenoxy) is 1. The lowest BCUT2D eigenvalue weighted by Gasteiger charge is -2.36. The van der Waals surface area contributed by atoms with Gasteiger partial charge in [-0.3, -0.25) is 19.2 Å². The van der Waals surface area contributed by atoms with E-state index < -0.39 is 7.60 Å². The first-order chi connectivity index (χ1) is 29.5. The van der Waals surface area contributed by atoms with Crippen molar-refractivity contribution in [1.29, 1.82) is 0 Å². The molecule has 0 heterocycles. The number of rotatable bonds is 47. The zero-order valence-electron chi connectivity index (χ0n) is 40.4. The summed E-state index contributed by atoms with van der Waals surface area (Å²) in [5.41, 5.74) is 0. The quantitative estimate of drug-likeness (QED) is 0.0367. The molecule has 0 aromatic rings. The van der Waals surface area contributed by atoms with Gasteiger partial charge in [0.1, 0.15) is 0 Å². The van der Waals surface area contributed by atoms with Crippen molar-refractivity contribution >= 4 is 13.6 Å². The molecule has 0 amide bonds. The van der Waals surface area contributed by atoms with E-state index in [1.807, 2.05) is 0 Å². The van der Waals surface area contributed by atoms with E-state index in [1.165, 1.54) is 148 Å². The molecular weight excluding hydrogens is 768 g/mol. The summed E-state index contributed by atoms with van der Waals surface area (Å²) >= 11 is 0. The molecule has 0 bridgehead atoms. The minimum absolute atomic E-state index is 0.0216. The van der Waals surface area contributed by atoms with Crippen LogP contribution in [0.2, 0.25) is 0 Å². The summed E-state index contributed by atoms with van der Waals surface area (Å²) in [6.45, 7) is 13.5. The summed E-state index contributed by atoms with van der Waals surface area (Å²) in [4.78, 5) is 17.5. The number of unbranched alkanes of at least 4 members (excludes halogenated alkanes) is 25. The van der Waals surface area contributed by atoms with Crippen LogP contribution in [0.3, 0.4) is 0 Å². The van der Waals surface area contributed by atoms with Gasteiger partial charge in [0, 0.05) is 32.1 Å². The predicted octanol–water partition coefficient (Wildman–Crippen LogP) is 14.8. The molecule has 1 aliphatic carbocycles. The Morgan fingerprint density at radius 3 is 1.48 bits per heavy atom. The number of hydrogen-bond donors (Lipinski definition) is 1. The normalized spacial score (nSPS) is 13.9. The van der Waals surface area contributed by atoms with Crippen LogP contribution in [0.15, 0.2) is 0 Å². The fourth-order valence-electron chi connectivity index (χ4n) is 8.79. The lowest BCUT2D eigenvalue weighted by Crippen LogP contribution is -2.43. The van der Waals surface area contributed by atoms with E-state index in [4.69, 9.17) is 13.8 Å². The first-order valence-corrected chi connectivity index (χ1v) is 28.3. The molecule has 0 atom stereocenters. The zero-order chi connectivity index (χ0) is 43.5. The van der Waals surface area contributed by atoms with E-state index >= 15 is 0 Å². The molecule has 8 nitrogen and oxygen atoms in total. The summed E-state index contributed by atoms with van der Waals surface area (Å²) in [6, 6.07) is 0.660. The molecule has 1 aliphatic rings. The van der Waals surface area contributed by atoms with Gasteiger partial charge in [0.25, 0.3) is 0 Å². The van der Waals surface area contributed by atoms with Gasteiger partial charge in [0.2, 0.25) is 0 Å². The van der Waals surface area contributed by atoms with Crippen LogP contribution >= 0.6 is 7.60 Å². The number of nitrogens with zero attached hydrogens (tertiary/aromatic N) is 2. The number of aliphatic hydroxyl groups excluding tert-OH is 1. The second-order valence-corrected chi connectivity index (χ2v) is 20.6. The van der Waals surface area contributed by atoms with Crippen LogP contribution in [0.1, 0.15) is 252 Å².